The van der Waals surface area contributed by atoms with Crippen molar-refractivity contribution in [2.45, 2.75) is 45.1 Å². The minimum atomic E-state index is 0.200. The van der Waals surface area contributed by atoms with E-state index in [0.29, 0.717) is 18.9 Å². The van der Waals surface area contributed by atoms with E-state index in [0.717, 1.165) is 42.7 Å². The van der Waals surface area contributed by atoms with E-state index in [4.69, 9.17) is 5.73 Å². The normalized spacial score (nSPS) is 17.1. The van der Waals surface area contributed by atoms with Crippen molar-refractivity contribution in [3.05, 3.63) is 59.2 Å². The molecule has 0 aromatic heterocycles. The highest BCUT2D eigenvalue weighted by atomic mass is 16.2. The molecule has 5 heteroatoms. The molecule has 140 valence electrons. The highest BCUT2D eigenvalue weighted by molar-refractivity contribution is 5.95. The molecular formula is C22H26N4O. The third-order valence-corrected chi connectivity index (χ3v) is 5.39. The molecule has 2 aliphatic rings. The van der Waals surface area contributed by atoms with Gasteiger partial charge in [0, 0.05) is 24.3 Å². The summed E-state index contributed by atoms with van der Waals surface area (Å²) in [6, 6.07) is 14.4. The molecule has 0 unspecified atom stereocenters. The van der Waals surface area contributed by atoms with Gasteiger partial charge in [-0.2, -0.15) is 0 Å². The van der Waals surface area contributed by atoms with Crippen LogP contribution < -0.4 is 16.0 Å². The first kappa shape index (κ1) is 17.6. The maximum atomic E-state index is 11.9. The maximum Gasteiger partial charge on any atom is 0.227 e. The largest absolute Gasteiger partial charge is 0.370 e. The third kappa shape index (κ3) is 3.97. The molecule has 2 aromatic carbocycles. The number of fused-ring (bicyclic) bond motifs is 1. The van der Waals surface area contributed by atoms with Crippen LogP contribution in [-0.4, -0.2) is 18.4 Å². The van der Waals surface area contributed by atoms with E-state index in [9.17, 15) is 4.79 Å². The average Bonchev–Trinajstić information content (AvgIpc) is 3.13. The summed E-state index contributed by atoms with van der Waals surface area (Å²) in [5.74, 6) is 0.627. The van der Waals surface area contributed by atoms with Crippen LogP contribution in [0, 0.1) is 0 Å². The number of amides is 1. The number of hydrogen-bond acceptors (Lipinski definition) is 2. The number of rotatable bonds is 4. The Bertz CT molecular complexity index is 874. The Hall–Kier alpha value is -2.82. The van der Waals surface area contributed by atoms with Gasteiger partial charge in [0.1, 0.15) is 0 Å². The van der Waals surface area contributed by atoms with Crippen molar-refractivity contribution in [2.24, 2.45) is 10.7 Å². The number of hydrogen-bond donors (Lipinski definition) is 2. The zero-order valence-electron chi connectivity index (χ0n) is 15.6. The SMILES string of the molecule is NC(=NCc1cccc(N2CCCC2=O)c1)Nc1cccc2c1CCCC2. The lowest BCUT2D eigenvalue weighted by Gasteiger charge is -2.20. The van der Waals surface area contributed by atoms with Crippen LogP contribution in [0.5, 0.6) is 0 Å². The van der Waals surface area contributed by atoms with Gasteiger partial charge in [-0.15, -0.1) is 0 Å². The van der Waals surface area contributed by atoms with Crippen molar-refractivity contribution >= 4 is 23.2 Å². The lowest BCUT2D eigenvalue weighted by molar-refractivity contribution is -0.117. The van der Waals surface area contributed by atoms with Crippen molar-refractivity contribution in [1.82, 2.24) is 0 Å². The molecule has 1 heterocycles. The quantitative estimate of drug-likeness (QED) is 0.645. The highest BCUT2D eigenvalue weighted by Crippen LogP contribution is 2.28. The number of nitrogens with zero attached hydrogens (tertiary/aromatic N) is 2. The van der Waals surface area contributed by atoms with Gasteiger partial charge in [0.2, 0.25) is 5.91 Å². The topological polar surface area (TPSA) is 70.7 Å². The lowest BCUT2D eigenvalue weighted by atomic mass is 9.90. The standard InChI is InChI=1S/C22H26N4O/c23-22(25-20-11-4-8-17-7-1-2-10-19(17)20)24-15-16-6-3-9-18(14-16)26-13-5-12-21(26)27/h3-4,6,8-9,11,14H,1-2,5,7,10,12-13,15H2,(H3,23,24,25). The number of aryl methyl sites for hydroxylation is 1. The minimum absolute atomic E-state index is 0.200. The summed E-state index contributed by atoms with van der Waals surface area (Å²) >= 11 is 0. The summed E-state index contributed by atoms with van der Waals surface area (Å²) in [6.45, 7) is 1.29. The van der Waals surface area contributed by atoms with E-state index in [1.54, 1.807) is 0 Å². The van der Waals surface area contributed by atoms with Gasteiger partial charge in [-0.25, -0.2) is 4.99 Å². The Morgan fingerprint density at radius 2 is 1.93 bits per heavy atom. The van der Waals surface area contributed by atoms with Gasteiger partial charge in [-0.05, 0) is 67.0 Å². The van der Waals surface area contributed by atoms with Crippen LogP contribution in [0.25, 0.3) is 0 Å². The molecule has 4 rings (SSSR count). The fraction of sp³-hybridized carbons (Fsp3) is 0.364. The van der Waals surface area contributed by atoms with Crippen molar-refractivity contribution in [3.63, 3.8) is 0 Å². The Kier molecular flexibility index (Phi) is 5.10. The van der Waals surface area contributed by atoms with Crippen molar-refractivity contribution < 1.29 is 4.79 Å². The van der Waals surface area contributed by atoms with E-state index in [2.05, 4.69) is 28.5 Å². The van der Waals surface area contributed by atoms with Crippen molar-refractivity contribution in [1.29, 1.82) is 0 Å². The van der Waals surface area contributed by atoms with E-state index < -0.39 is 0 Å². The number of nitrogens with one attached hydrogen (secondary N) is 1. The summed E-state index contributed by atoms with van der Waals surface area (Å²) in [5.41, 5.74) is 12.0. The number of carbonyl (C=O) groups excluding carboxylic acids is 1. The Morgan fingerprint density at radius 3 is 2.78 bits per heavy atom. The predicted octanol–water partition coefficient (Wildman–Crippen LogP) is 3.62. The second-order valence-corrected chi connectivity index (χ2v) is 7.30. The second-order valence-electron chi connectivity index (χ2n) is 7.30. The van der Waals surface area contributed by atoms with E-state index in [-0.39, 0.29) is 5.91 Å². The molecule has 1 saturated heterocycles. The van der Waals surface area contributed by atoms with Crippen LogP contribution in [0.4, 0.5) is 11.4 Å². The summed E-state index contributed by atoms with van der Waals surface area (Å²) in [6.07, 6.45) is 6.29. The molecule has 0 saturated carbocycles. The van der Waals surface area contributed by atoms with Crippen LogP contribution in [0.3, 0.4) is 0 Å². The van der Waals surface area contributed by atoms with Gasteiger partial charge in [0.05, 0.1) is 6.54 Å². The van der Waals surface area contributed by atoms with Crippen LogP contribution in [0.1, 0.15) is 42.4 Å². The minimum Gasteiger partial charge on any atom is -0.370 e. The van der Waals surface area contributed by atoms with Crippen LogP contribution in [0.2, 0.25) is 0 Å². The molecule has 1 aliphatic heterocycles. The number of carbonyl (C=O) groups is 1. The van der Waals surface area contributed by atoms with Gasteiger partial charge in [-0.1, -0.05) is 24.3 Å². The molecular weight excluding hydrogens is 336 g/mol. The average molecular weight is 362 g/mol. The zero-order chi connectivity index (χ0) is 18.6. The van der Waals surface area contributed by atoms with Gasteiger partial charge < -0.3 is 16.0 Å². The van der Waals surface area contributed by atoms with Gasteiger partial charge >= 0.3 is 0 Å². The Morgan fingerprint density at radius 1 is 1.07 bits per heavy atom. The van der Waals surface area contributed by atoms with Crippen LogP contribution in [-0.2, 0) is 24.2 Å². The molecule has 27 heavy (non-hydrogen) atoms. The lowest BCUT2D eigenvalue weighted by Crippen LogP contribution is -2.24. The molecule has 2 aromatic rings. The molecule has 0 spiro atoms. The molecule has 0 atom stereocenters. The van der Waals surface area contributed by atoms with E-state index in [1.165, 1.54) is 24.0 Å². The first-order chi connectivity index (χ1) is 13.2. The maximum absolute atomic E-state index is 11.9. The fourth-order valence-electron chi connectivity index (χ4n) is 4.00. The fourth-order valence-corrected chi connectivity index (χ4v) is 4.00. The number of anilines is 2. The number of benzene rings is 2. The van der Waals surface area contributed by atoms with Crippen LogP contribution in [0.15, 0.2) is 47.5 Å². The number of nitrogens with two attached hydrogens (primary N) is 1. The Balaban J connectivity index is 1.45. The number of guanidine groups is 1. The smallest absolute Gasteiger partial charge is 0.227 e. The summed E-state index contributed by atoms with van der Waals surface area (Å²) in [7, 11) is 0. The first-order valence-corrected chi connectivity index (χ1v) is 9.78. The summed E-state index contributed by atoms with van der Waals surface area (Å²) in [5, 5.41) is 3.28. The molecule has 0 bridgehead atoms. The van der Waals surface area contributed by atoms with E-state index in [1.807, 2.05) is 29.2 Å². The molecule has 5 nitrogen and oxygen atoms in total. The van der Waals surface area contributed by atoms with Crippen molar-refractivity contribution in [3.8, 4) is 0 Å². The summed E-state index contributed by atoms with van der Waals surface area (Å²) in [4.78, 5) is 18.3. The predicted molar refractivity (Wildman–Crippen MR) is 110 cm³/mol. The molecule has 1 aliphatic carbocycles. The zero-order valence-corrected chi connectivity index (χ0v) is 15.6. The Labute approximate surface area is 160 Å². The highest BCUT2D eigenvalue weighted by Gasteiger charge is 2.21. The van der Waals surface area contributed by atoms with Crippen molar-refractivity contribution in [2.75, 3.05) is 16.8 Å². The molecule has 1 amide bonds. The molecule has 1 fully saturated rings. The molecule has 0 radical (unpaired) electrons. The monoisotopic (exact) mass is 362 g/mol. The third-order valence-electron chi connectivity index (χ3n) is 5.39. The van der Waals surface area contributed by atoms with Gasteiger partial charge in [0.25, 0.3) is 0 Å². The van der Waals surface area contributed by atoms with Gasteiger partial charge in [0.15, 0.2) is 5.96 Å². The number of aliphatic imine (C=N–C) groups is 1. The van der Waals surface area contributed by atoms with Crippen LogP contribution >= 0.6 is 0 Å². The van der Waals surface area contributed by atoms with Gasteiger partial charge in [-0.3, -0.25) is 4.79 Å². The molecule has 3 N–H and O–H groups in total. The summed E-state index contributed by atoms with van der Waals surface area (Å²) < 4.78 is 0. The van der Waals surface area contributed by atoms with E-state index >= 15 is 0 Å². The second kappa shape index (κ2) is 7.82. The first-order valence-electron chi connectivity index (χ1n) is 9.78.